The molecule has 0 bridgehead atoms. The van der Waals surface area contributed by atoms with Gasteiger partial charge in [0.1, 0.15) is 17.7 Å². The average Bonchev–Trinajstić information content (AvgIpc) is 2.91. The van der Waals surface area contributed by atoms with Gasteiger partial charge in [-0.2, -0.15) is 0 Å². The number of rotatable bonds is 15. The molecule has 0 aliphatic rings. The molecule has 0 radical (unpaired) electrons. The van der Waals surface area contributed by atoms with Crippen LogP contribution in [-0.4, -0.2) is 41.0 Å². The van der Waals surface area contributed by atoms with Gasteiger partial charge in [-0.15, -0.1) is 0 Å². The number of aryl methyl sites for hydroxylation is 2. The van der Waals surface area contributed by atoms with Crippen molar-refractivity contribution in [2.24, 2.45) is 5.92 Å². The summed E-state index contributed by atoms with van der Waals surface area (Å²) in [7, 11) is 0. The second-order valence-electron chi connectivity index (χ2n) is 12.7. The van der Waals surface area contributed by atoms with Crippen LogP contribution in [-0.2, 0) is 20.9 Å². The fraction of sp³-hybridized carbons (Fsp3) is 0.571. The van der Waals surface area contributed by atoms with Crippen LogP contribution in [0.2, 0.25) is 0 Å². The summed E-state index contributed by atoms with van der Waals surface area (Å²) < 4.78 is 5.52. The summed E-state index contributed by atoms with van der Waals surface area (Å²) in [6, 6.07) is 14.1. The minimum absolute atomic E-state index is 0.131. The molecule has 0 aliphatic carbocycles. The van der Waals surface area contributed by atoms with Gasteiger partial charge in [-0.05, 0) is 70.1 Å². The van der Waals surface area contributed by atoms with Crippen molar-refractivity contribution in [3.8, 4) is 0 Å². The predicted octanol–water partition coefficient (Wildman–Crippen LogP) is 7.40. The third-order valence-electron chi connectivity index (χ3n) is 7.08. The van der Waals surface area contributed by atoms with E-state index in [1.807, 2.05) is 76.2 Å². The molecule has 232 valence electrons. The summed E-state index contributed by atoms with van der Waals surface area (Å²) in [5.41, 5.74) is 3.02. The Bertz CT molecular complexity index is 1140. The summed E-state index contributed by atoms with van der Waals surface area (Å²) in [6.45, 7) is 16.3. The molecule has 3 amide bonds. The highest BCUT2D eigenvalue weighted by atomic mass is 16.6. The van der Waals surface area contributed by atoms with E-state index in [4.69, 9.17) is 4.74 Å². The largest absolute Gasteiger partial charge is 0.444 e. The molecule has 7 nitrogen and oxygen atoms in total. The van der Waals surface area contributed by atoms with Crippen molar-refractivity contribution in [3.63, 3.8) is 0 Å². The van der Waals surface area contributed by atoms with Crippen LogP contribution >= 0.6 is 0 Å². The summed E-state index contributed by atoms with van der Waals surface area (Å²) in [5.74, 6) is -0.382. The Morgan fingerprint density at radius 1 is 0.929 bits per heavy atom. The maximum atomic E-state index is 14.5. The number of ether oxygens (including phenoxy) is 1. The van der Waals surface area contributed by atoms with Crippen LogP contribution in [0.1, 0.15) is 108 Å². The number of benzene rings is 2. The van der Waals surface area contributed by atoms with Gasteiger partial charge in [0.05, 0.1) is 0 Å². The summed E-state index contributed by atoms with van der Waals surface area (Å²) in [6.07, 6.45) is 4.82. The number of alkyl carbamates (subject to hydrolysis) is 1. The molecule has 0 spiro atoms. The van der Waals surface area contributed by atoms with Crippen molar-refractivity contribution in [2.75, 3.05) is 6.54 Å². The number of carbonyl (C=O) groups is 3. The van der Waals surface area contributed by atoms with Gasteiger partial charge in [0.15, 0.2) is 0 Å². The molecule has 2 atom stereocenters. The third kappa shape index (κ3) is 11.9. The molecule has 0 fully saturated rings. The van der Waals surface area contributed by atoms with Crippen LogP contribution in [0, 0.1) is 19.8 Å². The number of amides is 3. The molecule has 7 heteroatoms. The van der Waals surface area contributed by atoms with Crippen LogP contribution in [0.4, 0.5) is 4.79 Å². The van der Waals surface area contributed by atoms with Crippen molar-refractivity contribution in [2.45, 2.75) is 118 Å². The Labute approximate surface area is 253 Å². The van der Waals surface area contributed by atoms with E-state index in [1.54, 1.807) is 25.7 Å². The standard InChI is InChI=1S/C35H53N3O4/c1-9-10-11-12-16-21-38(33(40)30(22-25(2)3)37-34(41)42-35(6,7)8)31(29-23-26(4)19-20-27(29)5)32(39)36-24-28-17-14-13-15-18-28/h13-15,17-20,23,25,30-31H,9-12,16,21-22,24H2,1-8H3,(H,36,39)(H,37,41). The highest BCUT2D eigenvalue weighted by Gasteiger charge is 2.37. The van der Waals surface area contributed by atoms with Gasteiger partial charge < -0.3 is 20.3 Å². The molecule has 2 unspecified atom stereocenters. The Balaban J connectivity index is 2.52. The van der Waals surface area contributed by atoms with Gasteiger partial charge in [0.25, 0.3) is 0 Å². The second kappa shape index (κ2) is 16.9. The third-order valence-corrected chi connectivity index (χ3v) is 7.08. The first kappa shape index (κ1) is 34.8. The summed E-state index contributed by atoms with van der Waals surface area (Å²) >= 11 is 0. The zero-order chi connectivity index (χ0) is 31.3. The van der Waals surface area contributed by atoms with E-state index in [0.29, 0.717) is 19.5 Å². The van der Waals surface area contributed by atoms with Gasteiger partial charge in [-0.3, -0.25) is 9.59 Å². The number of nitrogens with zero attached hydrogens (tertiary/aromatic N) is 1. The highest BCUT2D eigenvalue weighted by Crippen LogP contribution is 2.28. The van der Waals surface area contributed by atoms with Crippen molar-refractivity contribution in [1.82, 2.24) is 15.5 Å². The van der Waals surface area contributed by atoms with Crippen LogP contribution in [0.5, 0.6) is 0 Å². The molecular formula is C35H53N3O4. The van der Waals surface area contributed by atoms with Crippen molar-refractivity contribution < 1.29 is 19.1 Å². The van der Waals surface area contributed by atoms with E-state index in [-0.39, 0.29) is 17.7 Å². The topological polar surface area (TPSA) is 87.7 Å². The van der Waals surface area contributed by atoms with E-state index >= 15 is 0 Å². The maximum absolute atomic E-state index is 14.5. The lowest BCUT2D eigenvalue weighted by molar-refractivity contribution is -0.143. The van der Waals surface area contributed by atoms with Gasteiger partial charge in [0.2, 0.25) is 11.8 Å². The van der Waals surface area contributed by atoms with E-state index in [1.165, 1.54) is 0 Å². The van der Waals surface area contributed by atoms with E-state index in [9.17, 15) is 14.4 Å². The van der Waals surface area contributed by atoms with Gasteiger partial charge in [-0.25, -0.2) is 4.79 Å². The SMILES string of the molecule is CCCCCCCN(C(=O)C(CC(C)C)NC(=O)OC(C)(C)C)C(C(=O)NCc1ccccc1)c1cc(C)ccc1C. The van der Waals surface area contributed by atoms with Crippen LogP contribution in [0.15, 0.2) is 48.5 Å². The van der Waals surface area contributed by atoms with Crippen molar-refractivity contribution in [3.05, 3.63) is 70.8 Å². The molecule has 2 aromatic rings. The zero-order valence-corrected chi connectivity index (χ0v) is 27.1. The fourth-order valence-corrected chi connectivity index (χ4v) is 4.98. The molecular weight excluding hydrogens is 526 g/mol. The lowest BCUT2D eigenvalue weighted by Gasteiger charge is -2.35. The lowest BCUT2D eigenvalue weighted by atomic mass is 9.94. The first-order chi connectivity index (χ1) is 19.8. The fourth-order valence-electron chi connectivity index (χ4n) is 4.98. The molecule has 2 N–H and O–H groups in total. The van der Waals surface area contributed by atoms with Crippen LogP contribution in [0.25, 0.3) is 0 Å². The quantitative estimate of drug-likeness (QED) is 0.215. The molecule has 2 rings (SSSR count). The number of unbranched alkanes of at least 4 members (excludes halogenated alkanes) is 4. The van der Waals surface area contributed by atoms with Crippen molar-refractivity contribution >= 4 is 17.9 Å². The number of nitrogens with one attached hydrogen (secondary N) is 2. The molecule has 0 saturated carbocycles. The predicted molar refractivity (Wildman–Crippen MR) is 170 cm³/mol. The average molecular weight is 580 g/mol. The Morgan fingerprint density at radius 2 is 1.60 bits per heavy atom. The van der Waals surface area contributed by atoms with E-state index < -0.39 is 23.8 Å². The lowest BCUT2D eigenvalue weighted by Crippen LogP contribution is -2.53. The molecule has 0 saturated heterocycles. The van der Waals surface area contributed by atoms with Gasteiger partial charge in [0, 0.05) is 13.1 Å². The first-order valence-electron chi connectivity index (χ1n) is 15.5. The molecule has 0 aliphatic heterocycles. The van der Waals surface area contributed by atoms with E-state index in [0.717, 1.165) is 54.4 Å². The minimum atomic E-state index is -0.845. The normalized spacial score (nSPS) is 12.9. The minimum Gasteiger partial charge on any atom is -0.444 e. The van der Waals surface area contributed by atoms with E-state index in [2.05, 4.69) is 17.6 Å². The Kier molecular flexibility index (Phi) is 14.1. The number of hydrogen-bond donors (Lipinski definition) is 2. The monoisotopic (exact) mass is 579 g/mol. The molecule has 0 heterocycles. The smallest absolute Gasteiger partial charge is 0.408 e. The van der Waals surface area contributed by atoms with Gasteiger partial charge >= 0.3 is 6.09 Å². The number of hydrogen-bond acceptors (Lipinski definition) is 4. The maximum Gasteiger partial charge on any atom is 0.408 e. The second-order valence-corrected chi connectivity index (χ2v) is 12.7. The van der Waals surface area contributed by atoms with Gasteiger partial charge in [-0.1, -0.05) is 101 Å². The van der Waals surface area contributed by atoms with Crippen molar-refractivity contribution in [1.29, 1.82) is 0 Å². The Hall–Kier alpha value is -3.35. The highest BCUT2D eigenvalue weighted by molar-refractivity contribution is 5.92. The molecule has 42 heavy (non-hydrogen) atoms. The van der Waals surface area contributed by atoms with Crippen LogP contribution < -0.4 is 10.6 Å². The molecule has 0 aromatic heterocycles. The summed E-state index contributed by atoms with van der Waals surface area (Å²) in [5, 5.41) is 5.94. The Morgan fingerprint density at radius 3 is 2.21 bits per heavy atom. The number of carbonyl (C=O) groups excluding carboxylic acids is 3. The van der Waals surface area contributed by atoms with Crippen LogP contribution in [0.3, 0.4) is 0 Å². The summed E-state index contributed by atoms with van der Waals surface area (Å²) in [4.78, 5) is 43.1. The molecule has 2 aromatic carbocycles. The first-order valence-corrected chi connectivity index (χ1v) is 15.5. The zero-order valence-electron chi connectivity index (χ0n) is 27.1.